The van der Waals surface area contributed by atoms with Gasteiger partial charge in [-0.25, -0.2) is 0 Å². The Morgan fingerprint density at radius 3 is 2.43 bits per heavy atom. The van der Waals surface area contributed by atoms with Gasteiger partial charge in [0.05, 0.1) is 34.2 Å². The largest absolute Gasteiger partial charge is 0.505 e. The van der Waals surface area contributed by atoms with Crippen molar-refractivity contribution in [1.82, 2.24) is 4.90 Å². The monoisotopic (exact) mass is 505 g/mol. The van der Waals surface area contributed by atoms with E-state index in [1.807, 2.05) is 31.8 Å². The van der Waals surface area contributed by atoms with E-state index in [9.17, 15) is 14.7 Å². The normalized spacial score (nSPS) is 31.4. The van der Waals surface area contributed by atoms with E-state index in [4.69, 9.17) is 23.4 Å². The standard InChI is InChI=1S/C25H35NO8Si/c1-8-33-22(29)24-15-23(10-12-30-2,34-35(5,6)7)25(24)17-14-19(32-4)18(31-3)13-16(17)9-11-26(25)21(28)20(24)27/h10,12-14,20,27H,8-9,11,15H2,1-7H3/b12-10+/t20-,23+,24+,25+/m1/s1. The Hall–Kier alpha value is -2.56. The number of fused-ring (bicyclic) bond motifs is 1. The predicted octanol–water partition coefficient (Wildman–Crippen LogP) is 2.36. The number of aliphatic hydroxyl groups is 1. The van der Waals surface area contributed by atoms with Gasteiger partial charge in [0.15, 0.2) is 25.9 Å². The highest BCUT2D eigenvalue weighted by atomic mass is 28.4. The number of aliphatic hydroxyl groups excluding tert-OH is 1. The summed E-state index contributed by atoms with van der Waals surface area (Å²) in [6.07, 6.45) is 2.32. The van der Waals surface area contributed by atoms with E-state index in [-0.39, 0.29) is 13.0 Å². The molecule has 1 N–H and O–H groups in total. The van der Waals surface area contributed by atoms with E-state index in [0.717, 1.165) is 5.56 Å². The number of benzene rings is 1. The summed E-state index contributed by atoms with van der Waals surface area (Å²) >= 11 is 0. The van der Waals surface area contributed by atoms with Crippen molar-refractivity contribution in [2.45, 2.75) is 56.7 Å². The number of nitrogens with zero attached hydrogens (tertiary/aromatic N) is 1. The molecule has 192 valence electrons. The molecule has 1 amide bonds. The number of methoxy groups -OCH3 is 3. The van der Waals surface area contributed by atoms with E-state index in [1.54, 1.807) is 25.0 Å². The first kappa shape index (κ1) is 25.5. The number of ether oxygens (including phenoxy) is 4. The Morgan fingerprint density at radius 1 is 1.20 bits per heavy atom. The number of hydrogen-bond donors (Lipinski definition) is 1. The number of amides is 1. The van der Waals surface area contributed by atoms with Crippen molar-refractivity contribution >= 4 is 20.2 Å². The van der Waals surface area contributed by atoms with E-state index in [0.29, 0.717) is 30.0 Å². The van der Waals surface area contributed by atoms with E-state index >= 15 is 0 Å². The number of carbonyl (C=O) groups excluding carboxylic acids is 2. The Bertz CT molecular complexity index is 1070. The van der Waals surface area contributed by atoms with Gasteiger partial charge in [-0.3, -0.25) is 9.59 Å². The molecule has 1 aromatic carbocycles. The minimum atomic E-state index is -2.28. The lowest BCUT2D eigenvalue weighted by Crippen LogP contribution is -2.81. The number of esters is 1. The molecule has 35 heavy (non-hydrogen) atoms. The quantitative estimate of drug-likeness (QED) is 0.326. The van der Waals surface area contributed by atoms with E-state index < -0.39 is 42.9 Å². The second kappa shape index (κ2) is 8.53. The molecule has 2 aliphatic heterocycles. The van der Waals surface area contributed by atoms with Crippen LogP contribution in [0.1, 0.15) is 24.5 Å². The SMILES string of the molecule is CCOC(=O)[C@@]12C[C@](/C=C/OC)(O[Si](C)(C)C)[C@@]13c1cc(OC)c(OC)cc1CCN3C(=O)[C@H]2O. The zero-order valence-corrected chi connectivity index (χ0v) is 22.5. The van der Waals surface area contributed by atoms with Crippen LogP contribution in [-0.2, 0) is 35.4 Å². The fraction of sp³-hybridized carbons (Fsp3) is 0.600. The van der Waals surface area contributed by atoms with Gasteiger partial charge in [-0.15, -0.1) is 0 Å². The second-order valence-electron chi connectivity index (χ2n) is 10.2. The minimum Gasteiger partial charge on any atom is -0.505 e. The van der Waals surface area contributed by atoms with Crippen LogP contribution in [-0.4, -0.2) is 76.4 Å². The van der Waals surface area contributed by atoms with Crippen molar-refractivity contribution in [2.24, 2.45) is 5.41 Å². The van der Waals surface area contributed by atoms with Crippen LogP contribution in [0.4, 0.5) is 0 Å². The van der Waals surface area contributed by atoms with Crippen LogP contribution in [0.2, 0.25) is 19.6 Å². The molecule has 0 aromatic heterocycles. The minimum absolute atomic E-state index is 0.0696. The number of hydrogen-bond acceptors (Lipinski definition) is 8. The van der Waals surface area contributed by atoms with Crippen molar-refractivity contribution in [2.75, 3.05) is 34.5 Å². The third kappa shape index (κ3) is 3.19. The van der Waals surface area contributed by atoms with Gasteiger partial charge in [-0.2, -0.15) is 0 Å². The first-order valence-corrected chi connectivity index (χ1v) is 15.2. The predicted molar refractivity (Wildman–Crippen MR) is 130 cm³/mol. The van der Waals surface area contributed by atoms with Crippen molar-refractivity contribution < 1.29 is 38.1 Å². The summed E-state index contributed by atoms with van der Waals surface area (Å²) in [7, 11) is 2.35. The molecular formula is C25H35NO8Si. The topological polar surface area (TPSA) is 104 Å². The van der Waals surface area contributed by atoms with Gasteiger partial charge in [0, 0.05) is 13.0 Å². The fourth-order valence-corrected chi connectivity index (χ4v) is 7.84. The maximum Gasteiger partial charge on any atom is 0.318 e. The summed E-state index contributed by atoms with van der Waals surface area (Å²) in [5.41, 5.74) is -2.48. The van der Waals surface area contributed by atoms with Gasteiger partial charge in [0.1, 0.15) is 16.6 Å². The molecule has 9 nitrogen and oxygen atoms in total. The average Bonchev–Trinajstić information content (AvgIpc) is 2.97. The van der Waals surface area contributed by atoms with Crippen molar-refractivity contribution in [3.63, 3.8) is 0 Å². The number of carbonyl (C=O) groups is 2. The van der Waals surface area contributed by atoms with Crippen LogP contribution < -0.4 is 9.47 Å². The maximum absolute atomic E-state index is 13.7. The average molecular weight is 506 g/mol. The Kier molecular flexibility index (Phi) is 6.22. The molecule has 2 fully saturated rings. The molecule has 1 saturated carbocycles. The summed E-state index contributed by atoms with van der Waals surface area (Å²) in [6.45, 7) is 8.27. The molecule has 0 bridgehead atoms. The molecule has 1 spiro atoms. The summed E-state index contributed by atoms with van der Waals surface area (Å²) < 4.78 is 28.8. The van der Waals surface area contributed by atoms with Crippen LogP contribution in [0.5, 0.6) is 11.5 Å². The van der Waals surface area contributed by atoms with E-state index in [2.05, 4.69) is 0 Å². The highest BCUT2D eigenvalue weighted by molar-refractivity contribution is 6.69. The summed E-state index contributed by atoms with van der Waals surface area (Å²) in [6, 6.07) is 3.69. The summed E-state index contributed by atoms with van der Waals surface area (Å²) in [5.74, 6) is -0.123. The van der Waals surface area contributed by atoms with Crippen LogP contribution in [0.25, 0.3) is 0 Å². The molecule has 0 radical (unpaired) electrons. The second-order valence-corrected chi connectivity index (χ2v) is 14.7. The molecule has 3 aliphatic rings. The maximum atomic E-state index is 13.7. The number of rotatable bonds is 8. The van der Waals surface area contributed by atoms with Crippen LogP contribution >= 0.6 is 0 Å². The Morgan fingerprint density at radius 2 is 1.86 bits per heavy atom. The lowest BCUT2D eigenvalue weighted by Gasteiger charge is -2.69. The zero-order chi connectivity index (χ0) is 25.8. The third-order valence-electron chi connectivity index (χ3n) is 7.38. The van der Waals surface area contributed by atoms with E-state index in [1.165, 1.54) is 20.5 Å². The fourth-order valence-electron chi connectivity index (χ4n) is 6.46. The molecular weight excluding hydrogens is 470 g/mol. The molecule has 1 saturated heterocycles. The van der Waals surface area contributed by atoms with Crippen LogP contribution in [0.3, 0.4) is 0 Å². The first-order valence-electron chi connectivity index (χ1n) is 11.8. The first-order chi connectivity index (χ1) is 16.5. The van der Waals surface area contributed by atoms with Crippen molar-refractivity contribution in [3.05, 3.63) is 35.6 Å². The molecule has 0 unspecified atom stereocenters. The van der Waals surface area contributed by atoms with Crippen LogP contribution in [0, 0.1) is 5.41 Å². The van der Waals surface area contributed by atoms with Gasteiger partial charge in [0.2, 0.25) is 0 Å². The summed E-state index contributed by atoms with van der Waals surface area (Å²) in [4.78, 5) is 29.0. The zero-order valence-electron chi connectivity index (χ0n) is 21.5. The van der Waals surface area contributed by atoms with Crippen LogP contribution in [0.15, 0.2) is 24.5 Å². The molecule has 1 aliphatic carbocycles. The summed E-state index contributed by atoms with van der Waals surface area (Å²) in [5, 5.41) is 11.4. The lowest BCUT2D eigenvalue weighted by atomic mass is 9.42. The van der Waals surface area contributed by atoms with Gasteiger partial charge in [-0.1, -0.05) is 0 Å². The van der Waals surface area contributed by atoms with Gasteiger partial charge in [-0.05, 0) is 62.3 Å². The van der Waals surface area contributed by atoms with Gasteiger partial charge in [0.25, 0.3) is 5.91 Å². The highest BCUT2D eigenvalue weighted by Gasteiger charge is 2.89. The van der Waals surface area contributed by atoms with Crippen molar-refractivity contribution in [1.29, 1.82) is 0 Å². The molecule has 4 atom stereocenters. The highest BCUT2D eigenvalue weighted by Crippen LogP contribution is 2.74. The Balaban J connectivity index is 2.12. The lowest BCUT2D eigenvalue weighted by molar-refractivity contribution is -0.245. The molecule has 4 rings (SSSR count). The third-order valence-corrected chi connectivity index (χ3v) is 8.35. The van der Waals surface area contributed by atoms with Crippen molar-refractivity contribution in [3.8, 4) is 11.5 Å². The molecule has 1 aromatic rings. The smallest absolute Gasteiger partial charge is 0.318 e. The van der Waals surface area contributed by atoms with Gasteiger partial charge < -0.3 is 33.4 Å². The molecule has 10 heteroatoms. The van der Waals surface area contributed by atoms with Gasteiger partial charge >= 0.3 is 5.97 Å². The Labute approximate surface area is 207 Å². The molecule has 2 heterocycles.